The number of rotatable bonds is 2. The Morgan fingerprint density at radius 1 is 1.56 bits per heavy atom. The second kappa shape index (κ2) is 11.4. The predicted octanol–water partition coefficient (Wildman–Crippen LogP) is 3.26. The minimum Gasteiger partial charge on any atom is -0.125 e. The van der Waals surface area contributed by atoms with E-state index in [0.29, 0.717) is 11.8 Å². The lowest BCUT2D eigenvalue weighted by atomic mass is 10.6. The van der Waals surface area contributed by atoms with Crippen LogP contribution >= 0.6 is 34.8 Å². The maximum Gasteiger partial charge on any atom is 0.0443 e. The molecule has 0 aliphatic carbocycles. The van der Waals surface area contributed by atoms with Gasteiger partial charge in [0.25, 0.3) is 0 Å². The van der Waals surface area contributed by atoms with Gasteiger partial charge in [0.05, 0.1) is 0 Å². The smallest absolute Gasteiger partial charge is 0.0443 e. The van der Waals surface area contributed by atoms with Crippen LogP contribution in [0, 0.1) is 0 Å². The number of allylic oxidation sites excluding steroid dienone is 1. The second-order valence-corrected chi connectivity index (χ2v) is 2.74. The van der Waals surface area contributed by atoms with Crippen molar-refractivity contribution >= 4 is 34.8 Å². The molecule has 0 aliphatic heterocycles. The highest BCUT2D eigenvalue weighted by molar-refractivity contribution is 6.27. The van der Waals surface area contributed by atoms with Crippen molar-refractivity contribution in [3.05, 3.63) is 12.7 Å². The van der Waals surface area contributed by atoms with Crippen LogP contribution in [0.25, 0.3) is 0 Å². The Bertz CT molecular complexity index is 52.3. The van der Waals surface area contributed by atoms with Gasteiger partial charge in [-0.1, -0.05) is 6.08 Å². The Morgan fingerprint density at radius 2 is 1.78 bits per heavy atom. The monoisotopic (exact) mass is 188 g/mol. The van der Waals surface area contributed by atoms with Gasteiger partial charge in [-0.05, 0) is 6.92 Å². The third-order valence-corrected chi connectivity index (χ3v) is 1.32. The van der Waals surface area contributed by atoms with E-state index in [2.05, 4.69) is 6.58 Å². The lowest BCUT2D eigenvalue weighted by Gasteiger charge is -1.85. The number of hydrogen-bond donors (Lipinski definition) is 0. The summed E-state index contributed by atoms with van der Waals surface area (Å²) in [5.41, 5.74) is 0. The molecule has 0 bridgehead atoms. The van der Waals surface area contributed by atoms with Crippen molar-refractivity contribution < 1.29 is 0 Å². The summed E-state index contributed by atoms with van der Waals surface area (Å²) in [7, 11) is 0. The van der Waals surface area contributed by atoms with Gasteiger partial charge in [-0.25, -0.2) is 0 Å². The van der Waals surface area contributed by atoms with E-state index in [0.717, 1.165) is 0 Å². The van der Waals surface area contributed by atoms with Gasteiger partial charge in [-0.3, -0.25) is 0 Å². The highest BCUT2D eigenvalue weighted by Gasteiger charge is 1.85. The molecular weight excluding hydrogens is 178 g/mol. The molecule has 0 fully saturated rings. The van der Waals surface area contributed by atoms with E-state index in [1.54, 1.807) is 6.08 Å². The van der Waals surface area contributed by atoms with Crippen molar-refractivity contribution in [2.45, 2.75) is 12.3 Å². The molecule has 0 saturated carbocycles. The summed E-state index contributed by atoms with van der Waals surface area (Å²) in [6, 6.07) is 0. The SMILES string of the molecule is C=CCCl.CC(Cl)CCl. The van der Waals surface area contributed by atoms with Gasteiger partial charge < -0.3 is 0 Å². The van der Waals surface area contributed by atoms with Crippen LogP contribution in [-0.2, 0) is 0 Å². The Morgan fingerprint density at radius 3 is 1.78 bits per heavy atom. The van der Waals surface area contributed by atoms with Crippen LogP contribution in [-0.4, -0.2) is 17.1 Å². The first-order chi connectivity index (χ1) is 4.18. The molecule has 0 nitrogen and oxygen atoms in total. The maximum absolute atomic E-state index is 5.33. The zero-order valence-electron chi connectivity index (χ0n) is 5.41. The minimum atomic E-state index is 0.122. The fourth-order valence-corrected chi connectivity index (χ4v) is 0. The van der Waals surface area contributed by atoms with Crippen LogP contribution in [0.1, 0.15) is 6.92 Å². The van der Waals surface area contributed by atoms with Gasteiger partial charge in [0.2, 0.25) is 0 Å². The summed E-state index contributed by atoms with van der Waals surface area (Å²) < 4.78 is 0. The van der Waals surface area contributed by atoms with Crippen molar-refractivity contribution in [2.75, 3.05) is 11.8 Å². The molecule has 0 aliphatic rings. The minimum absolute atomic E-state index is 0.122. The summed E-state index contributed by atoms with van der Waals surface area (Å²) in [6.45, 7) is 5.20. The number of halogens is 3. The average Bonchev–Trinajstić information content (AvgIpc) is 1.89. The lowest BCUT2D eigenvalue weighted by molar-refractivity contribution is 1.11. The summed E-state index contributed by atoms with van der Waals surface area (Å²) in [5.74, 6) is 1.10. The molecule has 56 valence electrons. The molecule has 1 atom stereocenters. The van der Waals surface area contributed by atoms with Gasteiger partial charge >= 0.3 is 0 Å². The van der Waals surface area contributed by atoms with Crippen LogP contribution in [0.5, 0.6) is 0 Å². The summed E-state index contributed by atoms with van der Waals surface area (Å²) >= 11 is 15.6. The molecule has 0 rings (SSSR count). The molecule has 0 aromatic rings. The van der Waals surface area contributed by atoms with Crippen molar-refractivity contribution in [2.24, 2.45) is 0 Å². The summed E-state index contributed by atoms with van der Waals surface area (Å²) in [6.07, 6.45) is 1.64. The van der Waals surface area contributed by atoms with Crippen molar-refractivity contribution in [1.82, 2.24) is 0 Å². The largest absolute Gasteiger partial charge is 0.125 e. The Balaban J connectivity index is 0. The molecule has 0 heterocycles. The lowest BCUT2D eigenvalue weighted by Crippen LogP contribution is -1.87. The molecular formula is C6H11Cl3. The Labute approximate surface area is 71.8 Å². The van der Waals surface area contributed by atoms with Crippen LogP contribution in [0.15, 0.2) is 12.7 Å². The maximum atomic E-state index is 5.33. The fraction of sp³-hybridized carbons (Fsp3) is 0.667. The third kappa shape index (κ3) is 28.9. The molecule has 0 amide bonds. The van der Waals surface area contributed by atoms with Gasteiger partial charge in [-0.2, -0.15) is 0 Å². The van der Waals surface area contributed by atoms with E-state index in [1.165, 1.54) is 0 Å². The standard InChI is InChI=1S/C3H6Cl2.C3H5Cl/c1-3(5)2-4;1-2-3-4/h3H,2H2,1H3;2H,1,3H2. The van der Waals surface area contributed by atoms with Gasteiger partial charge in [-0.15, -0.1) is 41.4 Å². The molecule has 9 heavy (non-hydrogen) atoms. The van der Waals surface area contributed by atoms with Crippen LogP contribution in [0.3, 0.4) is 0 Å². The molecule has 0 N–H and O–H groups in total. The van der Waals surface area contributed by atoms with Crippen molar-refractivity contribution in [3.8, 4) is 0 Å². The summed E-state index contributed by atoms with van der Waals surface area (Å²) in [5, 5.41) is 0.122. The molecule has 1 unspecified atom stereocenters. The first-order valence-corrected chi connectivity index (χ1v) is 4.06. The van der Waals surface area contributed by atoms with Gasteiger partial charge in [0, 0.05) is 17.1 Å². The molecule has 0 spiro atoms. The van der Waals surface area contributed by atoms with Crippen LogP contribution in [0.4, 0.5) is 0 Å². The van der Waals surface area contributed by atoms with Crippen molar-refractivity contribution in [1.29, 1.82) is 0 Å². The van der Waals surface area contributed by atoms with E-state index in [1.807, 2.05) is 6.92 Å². The molecule has 0 radical (unpaired) electrons. The van der Waals surface area contributed by atoms with E-state index in [9.17, 15) is 0 Å². The second-order valence-electron chi connectivity index (χ2n) is 1.38. The molecule has 0 saturated heterocycles. The fourth-order valence-electron chi connectivity index (χ4n) is 0. The Hall–Kier alpha value is 0.610. The zero-order chi connectivity index (χ0) is 7.70. The van der Waals surface area contributed by atoms with E-state index >= 15 is 0 Å². The quantitative estimate of drug-likeness (QED) is 0.462. The molecule has 0 aromatic heterocycles. The average molecular weight is 190 g/mol. The normalized spacial score (nSPS) is 11.1. The zero-order valence-corrected chi connectivity index (χ0v) is 7.68. The van der Waals surface area contributed by atoms with Crippen molar-refractivity contribution in [3.63, 3.8) is 0 Å². The van der Waals surface area contributed by atoms with E-state index in [-0.39, 0.29) is 5.38 Å². The Kier molecular flexibility index (Phi) is 15.6. The predicted molar refractivity (Wildman–Crippen MR) is 47.0 cm³/mol. The van der Waals surface area contributed by atoms with Gasteiger partial charge in [0.1, 0.15) is 0 Å². The van der Waals surface area contributed by atoms with Crippen LogP contribution < -0.4 is 0 Å². The summed E-state index contributed by atoms with van der Waals surface area (Å²) in [4.78, 5) is 0. The third-order valence-electron chi connectivity index (χ3n) is 0.322. The first kappa shape index (κ1) is 12.3. The number of alkyl halides is 3. The van der Waals surface area contributed by atoms with Gasteiger partial charge in [0.15, 0.2) is 0 Å². The molecule has 0 aromatic carbocycles. The highest BCUT2D eigenvalue weighted by atomic mass is 35.5. The topological polar surface area (TPSA) is 0 Å². The highest BCUT2D eigenvalue weighted by Crippen LogP contribution is 1.93. The number of hydrogen-bond acceptors (Lipinski definition) is 0. The first-order valence-electron chi connectivity index (χ1n) is 2.55. The molecule has 3 heteroatoms. The van der Waals surface area contributed by atoms with E-state index in [4.69, 9.17) is 34.8 Å². The van der Waals surface area contributed by atoms with E-state index < -0.39 is 0 Å². The van der Waals surface area contributed by atoms with Crippen LogP contribution in [0.2, 0.25) is 0 Å².